The predicted octanol–water partition coefficient (Wildman–Crippen LogP) is 4.19. The fourth-order valence-corrected chi connectivity index (χ4v) is 3.19. The van der Waals surface area contributed by atoms with Crippen LogP contribution in [0.1, 0.15) is 53.2 Å². The van der Waals surface area contributed by atoms with Gasteiger partial charge in [-0.1, -0.05) is 32.0 Å². The van der Waals surface area contributed by atoms with Crippen LogP contribution in [0.3, 0.4) is 0 Å². The quantitative estimate of drug-likeness (QED) is 0.904. The van der Waals surface area contributed by atoms with Crippen molar-refractivity contribution in [2.75, 3.05) is 7.05 Å². The van der Waals surface area contributed by atoms with E-state index in [0.717, 1.165) is 5.01 Å². The third kappa shape index (κ3) is 3.04. The first-order chi connectivity index (χ1) is 9.02. The summed E-state index contributed by atoms with van der Waals surface area (Å²) in [4.78, 5) is 4.77. The number of rotatable bonds is 4. The molecule has 1 aromatic carbocycles. The van der Waals surface area contributed by atoms with Gasteiger partial charge in [-0.05, 0) is 43.5 Å². The molecule has 0 radical (unpaired) electrons. The lowest BCUT2D eigenvalue weighted by molar-refractivity contribution is 0.678. The average molecular weight is 274 g/mol. The first-order valence-corrected chi connectivity index (χ1v) is 7.60. The molecule has 0 aliphatic heterocycles. The fourth-order valence-electron chi connectivity index (χ4n) is 2.08. The summed E-state index contributed by atoms with van der Waals surface area (Å²) in [5, 5.41) is 6.70. The van der Waals surface area contributed by atoms with Crippen molar-refractivity contribution < 1.29 is 0 Å². The number of benzene rings is 1. The second kappa shape index (κ2) is 5.85. The number of hydrogen-bond donors (Lipinski definition) is 1. The minimum atomic E-state index is 0.191. The van der Waals surface area contributed by atoms with Gasteiger partial charge in [-0.2, -0.15) is 0 Å². The van der Waals surface area contributed by atoms with E-state index in [4.69, 9.17) is 4.98 Å². The summed E-state index contributed by atoms with van der Waals surface area (Å²) >= 11 is 1.74. The standard InChI is InChI=1S/C16H22N2S/c1-10(2)14-9-19-16(18-14)15(17-5)13-7-6-11(3)12(4)8-13/h6-10,15,17H,1-5H3. The van der Waals surface area contributed by atoms with Crippen molar-refractivity contribution in [1.82, 2.24) is 10.3 Å². The topological polar surface area (TPSA) is 24.9 Å². The van der Waals surface area contributed by atoms with E-state index in [0.29, 0.717) is 5.92 Å². The molecule has 1 unspecified atom stereocenters. The predicted molar refractivity (Wildman–Crippen MR) is 83.0 cm³/mol. The molecule has 0 spiro atoms. The van der Waals surface area contributed by atoms with Gasteiger partial charge in [-0.15, -0.1) is 11.3 Å². The van der Waals surface area contributed by atoms with Crippen LogP contribution in [0.25, 0.3) is 0 Å². The Hall–Kier alpha value is -1.19. The molecule has 3 heteroatoms. The molecule has 2 aromatic rings. The maximum atomic E-state index is 4.77. The molecule has 1 aromatic heterocycles. The van der Waals surface area contributed by atoms with Gasteiger partial charge in [-0.25, -0.2) is 4.98 Å². The molecular weight excluding hydrogens is 252 g/mol. The van der Waals surface area contributed by atoms with E-state index in [2.05, 4.69) is 56.6 Å². The van der Waals surface area contributed by atoms with E-state index >= 15 is 0 Å². The van der Waals surface area contributed by atoms with Gasteiger partial charge >= 0.3 is 0 Å². The minimum Gasteiger partial charge on any atom is -0.307 e. The van der Waals surface area contributed by atoms with E-state index in [1.807, 2.05) is 7.05 Å². The third-order valence-electron chi connectivity index (χ3n) is 3.53. The van der Waals surface area contributed by atoms with E-state index in [1.54, 1.807) is 11.3 Å². The summed E-state index contributed by atoms with van der Waals surface area (Å²) in [5.41, 5.74) is 5.14. The summed E-state index contributed by atoms with van der Waals surface area (Å²) in [6.45, 7) is 8.67. The molecule has 1 heterocycles. The van der Waals surface area contributed by atoms with Crippen LogP contribution in [-0.4, -0.2) is 12.0 Å². The van der Waals surface area contributed by atoms with Crippen LogP contribution in [0.2, 0.25) is 0 Å². The largest absolute Gasteiger partial charge is 0.307 e. The zero-order chi connectivity index (χ0) is 14.0. The van der Waals surface area contributed by atoms with Crippen LogP contribution in [0, 0.1) is 13.8 Å². The molecule has 1 N–H and O–H groups in total. The first kappa shape index (κ1) is 14.2. The van der Waals surface area contributed by atoms with Gasteiger partial charge in [0.25, 0.3) is 0 Å². The van der Waals surface area contributed by atoms with Crippen molar-refractivity contribution in [3.05, 3.63) is 51.0 Å². The van der Waals surface area contributed by atoms with Crippen molar-refractivity contribution in [3.63, 3.8) is 0 Å². The Morgan fingerprint density at radius 2 is 1.89 bits per heavy atom. The lowest BCUT2D eigenvalue weighted by Crippen LogP contribution is -2.17. The number of nitrogens with one attached hydrogen (secondary N) is 1. The van der Waals surface area contributed by atoms with Gasteiger partial charge < -0.3 is 5.32 Å². The summed E-state index contributed by atoms with van der Waals surface area (Å²) in [6.07, 6.45) is 0. The number of hydrogen-bond acceptors (Lipinski definition) is 3. The molecular formula is C16H22N2S. The lowest BCUT2D eigenvalue weighted by atomic mass is 10.0. The van der Waals surface area contributed by atoms with Crippen molar-refractivity contribution in [2.24, 2.45) is 0 Å². The highest BCUT2D eigenvalue weighted by Crippen LogP contribution is 2.28. The van der Waals surface area contributed by atoms with Crippen molar-refractivity contribution >= 4 is 11.3 Å². The molecule has 0 fully saturated rings. The monoisotopic (exact) mass is 274 g/mol. The molecule has 0 aliphatic rings. The Labute approximate surface area is 119 Å². The highest BCUT2D eigenvalue weighted by atomic mass is 32.1. The Morgan fingerprint density at radius 3 is 2.42 bits per heavy atom. The van der Waals surface area contributed by atoms with Gasteiger partial charge in [0.1, 0.15) is 5.01 Å². The van der Waals surface area contributed by atoms with E-state index in [9.17, 15) is 0 Å². The van der Waals surface area contributed by atoms with Crippen molar-refractivity contribution in [1.29, 1.82) is 0 Å². The zero-order valence-electron chi connectivity index (χ0n) is 12.3. The molecule has 0 aliphatic carbocycles. The van der Waals surface area contributed by atoms with E-state index in [1.165, 1.54) is 22.4 Å². The van der Waals surface area contributed by atoms with Crippen molar-refractivity contribution in [3.8, 4) is 0 Å². The van der Waals surface area contributed by atoms with Crippen LogP contribution < -0.4 is 5.32 Å². The Bertz CT molecular complexity index is 558. The van der Waals surface area contributed by atoms with Gasteiger partial charge in [0.05, 0.1) is 11.7 Å². The van der Waals surface area contributed by atoms with Crippen LogP contribution >= 0.6 is 11.3 Å². The van der Waals surface area contributed by atoms with Crippen LogP contribution in [0.4, 0.5) is 0 Å². The Balaban J connectivity index is 2.35. The normalized spacial score (nSPS) is 12.9. The van der Waals surface area contributed by atoms with E-state index < -0.39 is 0 Å². The number of aromatic nitrogens is 1. The molecule has 0 saturated carbocycles. The SMILES string of the molecule is CNC(c1ccc(C)c(C)c1)c1nc(C(C)C)cs1. The smallest absolute Gasteiger partial charge is 0.114 e. The Morgan fingerprint density at radius 1 is 1.16 bits per heavy atom. The zero-order valence-corrected chi connectivity index (χ0v) is 13.1. The van der Waals surface area contributed by atoms with Crippen LogP contribution in [0.15, 0.2) is 23.6 Å². The summed E-state index contributed by atoms with van der Waals surface area (Å²) in [6, 6.07) is 6.83. The molecule has 2 nitrogen and oxygen atoms in total. The molecule has 102 valence electrons. The molecule has 0 bridgehead atoms. The molecule has 0 amide bonds. The van der Waals surface area contributed by atoms with Gasteiger partial charge in [0, 0.05) is 5.38 Å². The number of nitrogens with zero attached hydrogens (tertiary/aromatic N) is 1. The molecule has 0 saturated heterocycles. The molecule has 1 atom stereocenters. The maximum Gasteiger partial charge on any atom is 0.114 e. The van der Waals surface area contributed by atoms with Crippen molar-refractivity contribution in [2.45, 2.75) is 39.7 Å². The summed E-state index contributed by atoms with van der Waals surface area (Å²) in [7, 11) is 2.00. The van der Waals surface area contributed by atoms with Gasteiger partial charge in [0.2, 0.25) is 0 Å². The second-order valence-electron chi connectivity index (χ2n) is 5.33. The number of thiazole rings is 1. The second-order valence-corrected chi connectivity index (χ2v) is 6.22. The third-order valence-corrected chi connectivity index (χ3v) is 4.46. The number of aryl methyl sites for hydroxylation is 2. The van der Waals surface area contributed by atoms with Gasteiger partial charge in [-0.3, -0.25) is 0 Å². The average Bonchev–Trinajstić information content (AvgIpc) is 2.84. The van der Waals surface area contributed by atoms with Gasteiger partial charge in [0.15, 0.2) is 0 Å². The van der Waals surface area contributed by atoms with Crippen LogP contribution in [0.5, 0.6) is 0 Å². The first-order valence-electron chi connectivity index (χ1n) is 6.72. The maximum absolute atomic E-state index is 4.77. The molecule has 19 heavy (non-hydrogen) atoms. The summed E-state index contributed by atoms with van der Waals surface area (Å²) in [5.74, 6) is 0.488. The minimum absolute atomic E-state index is 0.191. The highest BCUT2D eigenvalue weighted by molar-refractivity contribution is 7.09. The fraction of sp³-hybridized carbons (Fsp3) is 0.438. The Kier molecular flexibility index (Phi) is 4.38. The molecule has 2 rings (SSSR count). The highest BCUT2D eigenvalue weighted by Gasteiger charge is 2.17. The lowest BCUT2D eigenvalue weighted by Gasteiger charge is -2.15. The summed E-state index contributed by atoms with van der Waals surface area (Å²) < 4.78 is 0. The van der Waals surface area contributed by atoms with Crippen LogP contribution in [-0.2, 0) is 0 Å². The van der Waals surface area contributed by atoms with E-state index in [-0.39, 0.29) is 6.04 Å².